The van der Waals surface area contributed by atoms with Crippen molar-refractivity contribution in [3.05, 3.63) is 65.7 Å². The summed E-state index contributed by atoms with van der Waals surface area (Å²) in [5, 5.41) is 2.62. The minimum atomic E-state index is -0.301. The largest absolute Gasteiger partial charge is 0.484 e. The lowest BCUT2D eigenvalue weighted by Crippen LogP contribution is -2.43. The first-order valence-corrected chi connectivity index (χ1v) is 8.01. The second-order valence-corrected chi connectivity index (χ2v) is 5.71. The van der Waals surface area contributed by atoms with Crippen LogP contribution in [0.1, 0.15) is 11.1 Å². The van der Waals surface area contributed by atoms with Gasteiger partial charge in [-0.25, -0.2) is 0 Å². The number of benzene rings is 2. The zero-order valence-corrected chi connectivity index (χ0v) is 13.4. The average Bonchev–Trinajstić information content (AvgIpc) is 2.65. The van der Waals surface area contributed by atoms with E-state index in [9.17, 15) is 9.59 Å². The van der Waals surface area contributed by atoms with E-state index in [1.807, 2.05) is 36.4 Å². The van der Waals surface area contributed by atoms with E-state index in [4.69, 9.17) is 4.74 Å². The molecule has 124 valence electrons. The third kappa shape index (κ3) is 4.13. The molecule has 2 aromatic carbocycles. The molecule has 1 heterocycles. The molecule has 24 heavy (non-hydrogen) atoms. The first kappa shape index (κ1) is 16.1. The van der Waals surface area contributed by atoms with Gasteiger partial charge in [-0.1, -0.05) is 42.5 Å². The van der Waals surface area contributed by atoms with E-state index in [1.165, 1.54) is 11.1 Å². The Kier molecular flexibility index (Phi) is 5.11. The van der Waals surface area contributed by atoms with Gasteiger partial charge in [0.2, 0.25) is 5.91 Å². The van der Waals surface area contributed by atoms with Gasteiger partial charge in [0.25, 0.3) is 5.91 Å². The maximum absolute atomic E-state index is 12.3. The molecule has 0 bridgehead atoms. The number of rotatable bonds is 5. The van der Waals surface area contributed by atoms with E-state index in [2.05, 4.69) is 11.4 Å². The number of hydrogen-bond acceptors (Lipinski definition) is 3. The molecule has 1 aliphatic heterocycles. The van der Waals surface area contributed by atoms with Crippen molar-refractivity contribution in [2.45, 2.75) is 13.0 Å². The fourth-order valence-electron chi connectivity index (χ4n) is 2.71. The van der Waals surface area contributed by atoms with E-state index < -0.39 is 0 Å². The van der Waals surface area contributed by atoms with Gasteiger partial charge >= 0.3 is 0 Å². The number of ether oxygens (including phenoxy) is 1. The summed E-state index contributed by atoms with van der Waals surface area (Å²) in [7, 11) is 0. The van der Waals surface area contributed by atoms with Crippen molar-refractivity contribution in [1.82, 2.24) is 10.2 Å². The van der Waals surface area contributed by atoms with Crippen LogP contribution in [0.25, 0.3) is 0 Å². The first-order valence-electron chi connectivity index (χ1n) is 8.01. The molecule has 0 spiro atoms. The highest BCUT2D eigenvalue weighted by Gasteiger charge is 2.20. The van der Waals surface area contributed by atoms with Gasteiger partial charge in [0, 0.05) is 13.1 Å². The lowest BCUT2D eigenvalue weighted by molar-refractivity contribution is -0.134. The number of carbonyl (C=O) groups is 2. The van der Waals surface area contributed by atoms with Crippen LogP contribution < -0.4 is 10.1 Å². The molecule has 2 aromatic rings. The van der Waals surface area contributed by atoms with E-state index >= 15 is 0 Å². The summed E-state index contributed by atoms with van der Waals surface area (Å²) in [6.07, 6.45) is 0.854. The predicted octanol–water partition coefficient (Wildman–Crippen LogP) is 1.77. The normalized spacial score (nSPS) is 13.1. The molecular weight excluding hydrogens is 304 g/mol. The summed E-state index contributed by atoms with van der Waals surface area (Å²) >= 11 is 0. The fraction of sp³-hybridized carbons (Fsp3) is 0.263. The van der Waals surface area contributed by atoms with Gasteiger partial charge in [-0.15, -0.1) is 0 Å². The van der Waals surface area contributed by atoms with Crippen LogP contribution in [0.4, 0.5) is 0 Å². The van der Waals surface area contributed by atoms with Crippen LogP contribution in [0.3, 0.4) is 0 Å². The summed E-state index contributed by atoms with van der Waals surface area (Å²) in [6, 6.07) is 17.3. The maximum Gasteiger partial charge on any atom is 0.258 e. The predicted molar refractivity (Wildman–Crippen MR) is 90.5 cm³/mol. The van der Waals surface area contributed by atoms with Crippen molar-refractivity contribution in [3.63, 3.8) is 0 Å². The molecule has 5 nitrogen and oxygen atoms in total. The van der Waals surface area contributed by atoms with Crippen LogP contribution in [0.2, 0.25) is 0 Å². The summed E-state index contributed by atoms with van der Waals surface area (Å²) < 4.78 is 5.36. The highest BCUT2D eigenvalue weighted by atomic mass is 16.5. The third-order valence-electron chi connectivity index (χ3n) is 4.03. The Morgan fingerprint density at radius 1 is 1.00 bits per heavy atom. The smallest absolute Gasteiger partial charge is 0.258 e. The van der Waals surface area contributed by atoms with Gasteiger partial charge in [-0.2, -0.15) is 0 Å². The summed E-state index contributed by atoms with van der Waals surface area (Å²) in [4.78, 5) is 25.8. The standard InChI is InChI=1S/C19H20N2O3/c22-18(14-24-17-8-2-1-3-9-17)20-12-19(23)21-11-10-15-6-4-5-7-16(15)13-21/h1-9H,10-14H2,(H,20,22). The number of para-hydroxylation sites is 1. The van der Waals surface area contributed by atoms with Crippen molar-refractivity contribution in [3.8, 4) is 5.75 Å². The second-order valence-electron chi connectivity index (χ2n) is 5.71. The van der Waals surface area contributed by atoms with Crippen molar-refractivity contribution in [2.75, 3.05) is 19.7 Å². The van der Waals surface area contributed by atoms with Crippen LogP contribution in [-0.4, -0.2) is 36.4 Å². The fourth-order valence-corrected chi connectivity index (χ4v) is 2.71. The molecule has 0 atom stereocenters. The molecule has 0 radical (unpaired) electrons. The molecule has 0 aromatic heterocycles. The Bertz CT molecular complexity index is 716. The lowest BCUT2D eigenvalue weighted by atomic mass is 10.00. The average molecular weight is 324 g/mol. The lowest BCUT2D eigenvalue weighted by Gasteiger charge is -2.29. The molecule has 1 aliphatic rings. The quantitative estimate of drug-likeness (QED) is 0.912. The number of nitrogens with one attached hydrogen (secondary N) is 1. The Hall–Kier alpha value is -2.82. The first-order chi connectivity index (χ1) is 11.7. The minimum absolute atomic E-state index is 0.000843. The summed E-state index contributed by atoms with van der Waals surface area (Å²) in [5.41, 5.74) is 2.47. The maximum atomic E-state index is 12.3. The minimum Gasteiger partial charge on any atom is -0.484 e. The topological polar surface area (TPSA) is 58.6 Å². The number of fused-ring (bicyclic) bond motifs is 1. The van der Waals surface area contributed by atoms with Crippen molar-refractivity contribution in [1.29, 1.82) is 0 Å². The van der Waals surface area contributed by atoms with Crippen molar-refractivity contribution >= 4 is 11.8 Å². The summed E-state index contributed by atoms with van der Waals surface area (Å²) in [5.74, 6) is 0.258. The van der Waals surface area contributed by atoms with Crippen LogP contribution in [0.5, 0.6) is 5.75 Å². The Morgan fingerprint density at radius 2 is 1.71 bits per heavy atom. The molecule has 3 rings (SSSR count). The number of nitrogens with zero attached hydrogens (tertiary/aromatic N) is 1. The van der Waals surface area contributed by atoms with Gasteiger partial charge in [-0.05, 0) is 29.7 Å². The Labute approximate surface area is 141 Å². The zero-order valence-electron chi connectivity index (χ0n) is 13.4. The van der Waals surface area contributed by atoms with Crippen molar-refractivity contribution in [2.24, 2.45) is 0 Å². The van der Waals surface area contributed by atoms with E-state index in [-0.39, 0.29) is 25.0 Å². The number of amides is 2. The Morgan fingerprint density at radius 3 is 2.50 bits per heavy atom. The van der Waals surface area contributed by atoms with Crippen molar-refractivity contribution < 1.29 is 14.3 Å². The number of carbonyl (C=O) groups excluding carboxylic acids is 2. The van der Waals surface area contributed by atoms with E-state index in [0.717, 1.165) is 6.42 Å². The van der Waals surface area contributed by atoms with Crippen LogP contribution in [0, 0.1) is 0 Å². The highest BCUT2D eigenvalue weighted by Crippen LogP contribution is 2.18. The van der Waals surface area contributed by atoms with Gasteiger partial charge in [0.1, 0.15) is 5.75 Å². The number of hydrogen-bond donors (Lipinski definition) is 1. The molecule has 2 amide bonds. The van der Waals surface area contributed by atoms with Gasteiger partial charge < -0.3 is 15.0 Å². The molecule has 1 N–H and O–H groups in total. The third-order valence-corrected chi connectivity index (χ3v) is 4.03. The van der Waals surface area contributed by atoms with Gasteiger partial charge in [0.15, 0.2) is 6.61 Å². The van der Waals surface area contributed by atoms with Crippen LogP contribution in [-0.2, 0) is 22.6 Å². The molecule has 0 aliphatic carbocycles. The molecule has 0 saturated carbocycles. The van der Waals surface area contributed by atoms with Gasteiger partial charge in [0.05, 0.1) is 6.54 Å². The van der Waals surface area contributed by atoms with Gasteiger partial charge in [-0.3, -0.25) is 9.59 Å². The Balaban J connectivity index is 1.43. The zero-order chi connectivity index (χ0) is 16.8. The van der Waals surface area contributed by atoms with Crippen LogP contribution in [0.15, 0.2) is 54.6 Å². The molecule has 5 heteroatoms. The molecule has 0 unspecified atom stereocenters. The van der Waals surface area contributed by atoms with E-state index in [1.54, 1.807) is 17.0 Å². The molecule has 0 fully saturated rings. The molecule has 0 saturated heterocycles. The second kappa shape index (κ2) is 7.64. The molecular formula is C19H20N2O3. The van der Waals surface area contributed by atoms with Crippen LogP contribution >= 0.6 is 0 Å². The van der Waals surface area contributed by atoms with E-state index in [0.29, 0.717) is 18.8 Å². The highest BCUT2D eigenvalue weighted by molar-refractivity contribution is 5.85. The summed E-state index contributed by atoms with van der Waals surface area (Å²) in [6.45, 7) is 1.19. The monoisotopic (exact) mass is 324 g/mol. The SMILES string of the molecule is O=C(COc1ccccc1)NCC(=O)N1CCc2ccccc2C1.